The van der Waals surface area contributed by atoms with E-state index >= 15 is 0 Å². The second-order valence-electron chi connectivity index (χ2n) is 8.64. The van der Waals surface area contributed by atoms with E-state index in [4.69, 9.17) is 21.6 Å². The lowest BCUT2D eigenvalue weighted by Gasteiger charge is -2.25. The maximum absolute atomic E-state index is 12.8. The van der Waals surface area contributed by atoms with Gasteiger partial charge in [-0.15, -0.1) is 0 Å². The molecular formula is C27H28ClN3O3S. The number of nitrogens with one attached hydrogen (secondary N) is 1. The number of nitriles is 1. The second kappa shape index (κ2) is 11.2. The Balaban J connectivity index is 1.26. The van der Waals surface area contributed by atoms with Gasteiger partial charge < -0.3 is 4.74 Å². The van der Waals surface area contributed by atoms with Crippen LogP contribution in [-0.2, 0) is 10.0 Å². The van der Waals surface area contributed by atoms with Gasteiger partial charge in [0.2, 0.25) is 10.0 Å². The minimum absolute atomic E-state index is 0.188. The molecule has 0 bridgehead atoms. The molecule has 4 rings (SSSR count). The molecule has 1 atom stereocenters. The Morgan fingerprint density at radius 1 is 1.09 bits per heavy atom. The fourth-order valence-electron chi connectivity index (χ4n) is 4.15. The van der Waals surface area contributed by atoms with Crippen LogP contribution < -0.4 is 9.46 Å². The van der Waals surface area contributed by atoms with Crippen LogP contribution in [0.2, 0.25) is 5.02 Å². The topological polar surface area (TPSA) is 82.4 Å². The molecule has 8 heteroatoms. The molecule has 3 aromatic rings. The Labute approximate surface area is 212 Å². The Kier molecular flexibility index (Phi) is 8.09. The highest BCUT2D eigenvalue weighted by molar-refractivity contribution is 7.89. The fraction of sp³-hybridized carbons (Fsp3) is 0.296. The molecule has 1 heterocycles. The summed E-state index contributed by atoms with van der Waals surface area (Å²) in [6.07, 6.45) is 2.27. The van der Waals surface area contributed by atoms with Crippen LogP contribution in [0.5, 0.6) is 5.75 Å². The lowest BCUT2D eigenvalue weighted by Crippen LogP contribution is -2.44. The zero-order valence-electron chi connectivity index (χ0n) is 19.6. The van der Waals surface area contributed by atoms with Gasteiger partial charge in [-0.25, -0.2) is 8.42 Å². The Morgan fingerprint density at radius 3 is 2.43 bits per heavy atom. The molecule has 35 heavy (non-hydrogen) atoms. The molecule has 1 unspecified atom stereocenters. The van der Waals surface area contributed by atoms with Crippen molar-refractivity contribution in [1.82, 2.24) is 9.62 Å². The van der Waals surface area contributed by atoms with Gasteiger partial charge in [-0.1, -0.05) is 41.9 Å². The summed E-state index contributed by atoms with van der Waals surface area (Å²) in [5.74, 6) is 0.789. The van der Waals surface area contributed by atoms with E-state index in [1.165, 1.54) is 6.07 Å². The van der Waals surface area contributed by atoms with Crippen molar-refractivity contribution in [1.29, 1.82) is 5.26 Å². The van der Waals surface area contributed by atoms with Gasteiger partial charge >= 0.3 is 0 Å². The highest BCUT2D eigenvalue weighted by Crippen LogP contribution is 2.24. The molecule has 6 nitrogen and oxygen atoms in total. The zero-order valence-corrected chi connectivity index (χ0v) is 21.1. The number of aryl methyl sites for hydroxylation is 1. The van der Waals surface area contributed by atoms with Gasteiger partial charge in [-0.3, -0.25) is 4.90 Å². The quantitative estimate of drug-likeness (QED) is 0.393. The number of ether oxygens (including phenoxy) is 1. The van der Waals surface area contributed by atoms with Crippen molar-refractivity contribution in [2.24, 2.45) is 0 Å². The van der Waals surface area contributed by atoms with Gasteiger partial charge in [-0.2, -0.15) is 9.98 Å². The van der Waals surface area contributed by atoms with E-state index in [1.807, 2.05) is 43.3 Å². The Hall–Kier alpha value is -2.89. The molecule has 0 radical (unpaired) electrons. The molecule has 1 aliphatic rings. The number of likely N-dealkylation sites (tertiary alicyclic amines) is 1. The van der Waals surface area contributed by atoms with Crippen LogP contribution in [0, 0.1) is 18.3 Å². The fourth-order valence-corrected chi connectivity index (χ4v) is 5.68. The minimum atomic E-state index is -3.64. The van der Waals surface area contributed by atoms with Crippen LogP contribution in [0.25, 0.3) is 11.1 Å². The van der Waals surface area contributed by atoms with Gasteiger partial charge in [0.15, 0.2) is 0 Å². The van der Waals surface area contributed by atoms with Crippen LogP contribution in [0.4, 0.5) is 0 Å². The molecule has 1 N–H and O–H groups in total. The smallest absolute Gasteiger partial charge is 0.241 e. The van der Waals surface area contributed by atoms with E-state index in [0.717, 1.165) is 54.8 Å². The van der Waals surface area contributed by atoms with Gasteiger partial charge in [-0.05, 0) is 85.8 Å². The molecule has 0 spiro atoms. The highest BCUT2D eigenvalue weighted by atomic mass is 35.5. The summed E-state index contributed by atoms with van der Waals surface area (Å²) in [4.78, 5) is 2.35. The number of hydrogen-bond acceptors (Lipinski definition) is 5. The number of halogens is 1. The standard InChI is InChI=1S/C27H28ClN3O3S/c1-20-5-14-25(18-26(20)28)35(32,33)30-27-4-2-15-31(27)16-3-17-34-24-12-10-23(11-13-24)22-8-6-21(19-29)7-9-22/h5-14,18,27,30H,2-4,15-17H2,1H3. The Bertz CT molecular complexity index is 1300. The predicted octanol–water partition coefficient (Wildman–Crippen LogP) is 5.36. The van der Waals surface area contributed by atoms with Crippen LogP contribution in [0.15, 0.2) is 71.6 Å². The third kappa shape index (κ3) is 6.41. The normalized spacial score (nSPS) is 16.2. The summed E-state index contributed by atoms with van der Waals surface area (Å²) >= 11 is 6.12. The van der Waals surface area contributed by atoms with Crippen molar-refractivity contribution >= 4 is 21.6 Å². The molecule has 0 aliphatic carbocycles. The number of benzene rings is 3. The van der Waals surface area contributed by atoms with Crippen LogP contribution in [0.1, 0.15) is 30.4 Å². The molecular weight excluding hydrogens is 482 g/mol. The van der Waals surface area contributed by atoms with Gasteiger partial charge in [0.1, 0.15) is 5.75 Å². The lowest BCUT2D eigenvalue weighted by atomic mass is 10.0. The molecule has 1 fully saturated rings. The monoisotopic (exact) mass is 509 g/mol. The lowest BCUT2D eigenvalue weighted by molar-refractivity contribution is 0.214. The average molecular weight is 510 g/mol. The minimum Gasteiger partial charge on any atom is -0.494 e. The van der Waals surface area contributed by atoms with E-state index in [2.05, 4.69) is 15.7 Å². The van der Waals surface area contributed by atoms with E-state index < -0.39 is 10.0 Å². The maximum atomic E-state index is 12.8. The van der Waals surface area contributed by atoms with Crippen molar-refractivity contribution in [3.8, 4) is 22.9 Å². The largest absolute Gasteiger partial charge is 0.494 e. The maximum Gasteiger partial charge on any atom is 0.241 e. The molecule has 0 saturated carbocycles. The molecule has 182 valence electrons. The number of rotatable bonds is 9. The van der Waals surface area contributed by atoms with Crippen LogP contribution in [-0.4, -0.2) is 39.2 Å². The van der Waals surface area contributed by atoms with E-state index in [-0.39, 0.29) is 11.1 Å². The van der Waals surface area contributed by atoms with Crippen LogP contribution >= 0.6 is 11.6 Å². The number of nitrogens with zero attached hydrogens (tertiary/aromatic N) is 2. The summed E-state index contributed by atoms with van der Waals surface area (Å²) in [6, 6.07) is 22.3. The van der Waals surface area contributed by atoms with Crippen molar-refractivity contribution in [3.05, 3.63) is 82.9 Å². The molecule has 1 aliphatic heterocycles. The first-order valence-corrected chi connectivity index (χ1v) is 13.5. The second-order valence-corrected chi connectivity index (χ2v) is 10.8. The van der Waals surface area contributed by atoms with Crippen molar-refractivity contribution in [2.45, 2.75) is 37.2 Å². The summed E-state index contributed by atoms with van der Waals surface area (Å²) in [6.45, 7) is 3.97. The molecule has 0 amide bonds. The van der Waals surface area contributed by atoms with Crippen LogP contribution in [0.3, 0.4) is 0 Å². The first-order valence-electron chi connectivity index (χ1n) is 11.6. The van der Waals surface area contributed by atoms with Crippen molar-refractivity contribution in [2.75, 3.05) is 19.7 Å². The van der Waals surface area contributed by atoms with E-state index in [9.17, 15) is 8.42 Å². The summed E-state index contributed by atoms with van der Waals surface area (Å²) < 4.78 is 34.4. The molecule has 1 saturated heterocycles. The molecule has 3 aromatic carbocycles. The predicted molar refractivity (Wildman–Crippen MR) is 138 cm³/mol. The third-order valence-electron chi connectivity index (χ3n) is 6.17. The molecule has 0 aromatic heterocycles. The van der Waals surface area contributed by atoms with Gasteiger partial charge in [0.25, 0.3) is 0 Å². The summed E-state index contributed by atoms with van der Waals surface area (Å²) in [7, 11) is -3.64. The SMILES string of the molecule is Cc1ccc(S(=O)(=O)NC2CCCN2CCCOc2ccc(-c3ccc(C#N)cc3)cc2)cc1Cl. The van der Waals surface area contributed by atoms with E-state index in [1.54, 1.807) is 24.3 Å². The number of sulfonamides is 1. The van der Waals surface area contributed by atoms with E-state index in [0.29, 0.717) is 17.2 Å². The first-order chi connectivity index (χ1) is 16.9. The summed E-state index contributed by atoms with van der Waals surface area (Å²) in [5.41, 5.74) is 3.59. The van der Waals surface area contributed by atoms with Gasteiger partial charge in [0, 0.05) is 11.6 Å². The first kappa shape index (κ1) is 25.2. The zero-order chi connectivity index (χ0) is 24.8. The summed E-state index contributed by atoms with van der Waals surface area (Å²) in [5, 5.41) is 9.38. The number of hydrogen-bond donors (Lipinski definition) is 1. The van der Waals surface area contributed by atoms with Gasteiger partial charge in [0.05, 0.1) is 29.3 Å². The third-order valence-corrected chi connectivity index (χ3v) is 8.03. The average Bonchev–Trinajstić information content (AvgIpc) is 3.30. The van der Waals surface area contributed by atoms with Crippen molar-refractivity contribution < 1.29 is 13.2 Å². The highest BCUT2D eigenvalue weighted by Gasteiger charge is 2.29. The van der Waals surface area contributed by atoms with Crippen molar-refractivity contribution in [3.63, 3.8) is 0 Å². The Morgan fingerprint density at radius 2 is 1.77 bits per heavy atom.